The van der Waals surface area contributed by atoms with E-state index in [1.54, 1.807) is 12.1 Å². The Labute approximate surface area is 217 Å². The van der Waals surface area contributed by atoms with Crippen molar-refractivity contribution in [3.63, 3.8) is 0 Å². The molecule has 4 aromatic rings. The number of benzene rings is 2. The highest BCUT2D eigenvalue weighted by Gasteiger charge is 2.22. The molecule has 0 fully saturated rings. The van der Waals surface area contributed by atoms with Crippen LogP contribution < -0.4 is 11.3 Å². The molecule has 4 rings (SSSR count). The SMILES string of the molecule is COC(=O)c1ccc(CCc2c(Br)n(Cc3ccccc3)c3nc(N)n(COC(C)C)c(=O)c23)cc1. The largest absolute Gasteiger partial charge is 0.465 e. The number of esters is 1. The first-order valence-corrected chi connectivity index (χ1v) is 12.5. The van der Waals surface area contributed by atoms with Gasteiger partial charge in [0, 0.05) is 0 Å². The maximum absolute atomic E-state index is 13.6. The van der Waals surface area contributed by atoms with Crippen molar-refractivity contribution in [2.75, 3.05) is 12.8 Å². The number of nitrogens with zero attached hydrogens (tertiary/aromatic N) is 3. The van der Waals surface area contributed by atoms with Gasteiger partial charge in [0.05, 0.1) is 35.3 Å². The van der Waals surface area contributed by atoms with Crippen molar-refractivity contribution in [1.29, 1.82) is 0 Å². The van der Waals surface area contributed by atoms with Gasteiger partial charge in [0.2, 0.25) is 5.95 Å². The number of carbonyl (C=O) groups is 1. The van der Waals surface area contributed by atoms with Gasteiger partial charge in [-0.1, -0.05) is 42.5 Å². The molecule has 9 heteroatoms. The molecule has 0 radical (unpaired) electrons. The van der Waals surface area contributed by atoms with Gasteiger partial charge < -0.3 is 19.8 Å². The lowest BCUT2D eigenvalue weighted by molar-refractivity contribution is 0.0279. The molecule has 0 spiro atoms. The summed E-state index contributed by atoms with van der Waals surface area (Å²) >= 11 is 3.75. The first kappa shape index (κ1) is 25.7. The number of aryl methyl sites for hydroxylation is 2. The van der Waals surface area contributed by atoms with Crippen molar-refractivity contribution >= 4 is 38.9 Å². The first-order valence-electron chi connectivity index (χ1n) is 11.7. The molecule has 2 N–H and O–H groups in total. The van der Waals surface area contributed by atoms with E-state index in [-0.39, 0.29) is 30.3 Å². The average molecular weight is 553 g/mol. The third-order valence-corrected chi connectivity index (χ3v) is 6.89. The minimum Gasteiger partial charge on any atom is -0.465 e. The number of methoxy groups -OCH3 is 1. The normalized spacial score (nSPS) is 11.4. The van der Waals surface area contributed by atoms with Crippen molar-refractivity contribution in [1.82, 2.24) is 14.1 Å². The lowest BCUT2D eigenvalue weighted by Crippen LogP contribution is -2.27. The minimum atomic E-state index is -0.374. The number of halogens is 1. The smallest absolute Gasteiger partial charge is 0.337 e. The van der Waals surface area contributed by atoms with Crippen LogP contribution in [0.5, 0.6) is 0 Å². The van der Waals surface area contributed by atoms with Gasteiger partial charge in [-0.3, -0.25) is 9.36 Å². The molecular weight excluding hydrogens is 524 g/mol. The summed E-state index contributed by atoms with van der Waals surface area (Å²) in [6.45, 7) is 4.36. The van der Waals surface area contributed by atoms with Gasteiger partial charge in [-0.25, -0.2) is 4.79 Å². The standard InChI is InChI=1S/C27H29BrN4O4/c1-17(2)36-16-32-25(33)22-21(14-11-18-9-12-20(13-10-18)26(34)35-3)23(28)31(24(22)30-27(32)29)15-19-7-5-4-6-8-19/h4-10,12-13,17H,11,14-16H2,1-3H3,(H2,29,30). The van der Waals surface area contributed by atoms with Crippen LogP contribution in [0.1, 0.15) is 40.9 Å². The van der Waals surface area contributed by atoms with Gasteiger partial charge >= 0.3 is 5.97 Å². The number of nitrogen functional groups attached to an aromatic ring is 1. The third kappa shape index (κ3) is 5.37. The van der Waals surface area contributed by atoms with E-state index in [2.05, 4.69) is 20.9 Å². The molecule has 36 heavy (non-hydrogen) atoms. The van der Waals surface area contributed by atoms with Crippen molar-refractivity contribution in [3.8, 4) is 0 Å². The lowest BCUT2D eigenvalue weighted by atomic mass is 10.0. The summed E-state index contributed by atoms with van der Waals surface area (Å²) < 4.78 is 14.6. The molecule has 0 aliphatic carbocycles. The van der Waals surface area contributed by atoms with Crippen LogP contribution in [-0.2, 0) is 35.6 Å². The topological polar surface area (TPSA) is 101 Å². The Balaban J connectivity index is 1.76. The van der Waals surface area contributed by atoms with Gasteiger partial charge in [-0.15, -0.1) is 0 Å². The summed E-state index contributed by atoms with van der Waals surface area (Å²) in [7, 11) is 1.36. The fourth-order valence-electron chi connectivity index (χ4n) is 4.06. The first-order chi connectivity index (χ1) is 17.3. The van der Waals surface area contributed by atoms with Crippen molar-refractivity contribution < 1.29 is 14.3 Å². The quantitative estimate of drug-likeness (QED) is 0.306. The highest BCUT2D eigenvalue weighted by molar-refractivity contribution is 9.10. The molecule has 0 saturated heterocycles. The van der Waals surface area contributed by atoms with Crippen LogP contribution in [0.4, 0.5) is 5.95 Å². The number of aromatic nitrogens is 3. The van der Waals surface area contributed by atoms with Crippen LogP contribution in [0.3, 0.4) is 0 Å². The number of anilines is 1. The molecule has 2 aromatic carbocycles. The number of fused-ring (bicyclic) bond motifs is 1. The molecule has 0 amide bonds. The molecule has 0 saturated carbocycles. The monoisotopic (exact) mass is 552 g/mol. The summed E-state index contributed by atoms with van der Waals surface area (Å²) in [5.74, 6) is -0.265. The number of ether oxygens (including phenoxy) is 2. The van der Waals surface area contributed by atoms with Crippen LogP contribution in [-0.4, -0.2) is 33.3 Å². The van der Waals surface area contributed by atoms with Gasteiger partial charge in [0.15, 0.2) is 5.65 Å². The van der Waals surface area contributed by atoms with Gasteiger partial charge in [0.1, 0.15) is 6.73 Å². The van der Waals surface area contributed by atoms with E-state index in [0.717, 1.165) is 21.3 Å². The molecule has 0 bridgehead atoms. The molecule has 0 aliphatic heterocycles. The summed E-state index contributed by atoms with van der Waals surface area (Å²) in [4.78, 5) is 30.0. The maximum atomic E-state index is 13.6. The minimum absolute atomic E-state index is 0.0290. The highest BCUT2D eigenvalue weighted by Crippen LogP contribution is 2.30. The Bertz CT molecular complexity index is 1430. The zero-order valence-corrected chi connectivity index (χ0v) is 22.1. The Hall–Kier alpha value is -3.43. The summed E-state index contributed by atoms with van der Waals surface area (Å²) in [6, 6.07) is 17.3. The predicted molar refractivity (Wildman–Crippen MR) is 143 cm³/mol. The Morgan fingerprint density at radius 1 is 1.03 bits per heavy atom. The molecule has 2 aromatic heterocycles. The number of hydrogen-bond donors (Lipinski definition) is 1. The fourth-order valence-corrected chi connectivity index (χ4v) is 4.75. The van der Waals surface area contributed by atoms with E-state index in [1.165, 1.54) is 11.7 Å². The molecular formula is C27H29BrN4O4. The van der Waals surface area contributed by atoms with Crippen molar-refractivity contribution in [2.45, 2.75) is 46.1 Å². The van der Waals surface area contributed by atoms with Crippen molar-refractivity contribution in [2.24, 2.45) is 0 Å². The second-order valence-corrected chi connectivity index (χ2v) is 9.53. The molecule has 0 atom stereocenters. The average Bonchev–Trinajstić information content (AvgIpc) is 3.13. The Morgan fingerprint density at radius 3 is 2.36 bits per heavy atom. The zero-order valence-electron chi connectivity index (χ0n) is 20.5. The number of carbonyl (C=O) groups excluding carboxylic acids is 1. The van der Waals surface area contributed by atoms with E-state index in [1.807, 2.05) is 60.9 Å². The molecule has 188 valence electrons. The third-order valence-electron chi connectivity index (χ3n) is 5.98. The van der Waals surface area contributed by atoms with Crippen LogP contribution in [0.2, 0.25) is 0 Å². The number of nitrogens with two attached hydrogens (primary N) is 1. The summed E-state index contributed by atoms with van der Waals surface area (Å²) in [5, 5.41) is 0.519. The highest BCUT2D eigenvalue weighted by atomic mass is 79.9. The fraction of sp³-hybridized carbons (Fsp3) is 0.296. The van der Waals surface area contributed by atoms with Crippen LogP contribution in [0, 0.1) is 0 Å². The van der Waals surface area contributed by atoms with Gasteiger partial charge in [-0.2, -0.15) is 4.98 Å². The van der Waals surface area contributed by atoms with Gasteiger partial charge in [-0.05, 0) is 71.4 Å². The number of rotatable bonds is 9. The Kier molecular flexibility index (Phi) is 7.91. The summed E-state index contributed by atoms with van der Waals surface area (Å²) in [6.07, 6.45) is 1.19. The van der Waals surface area contributed by atoms with Crippen LogP contribution in [0.15, 0.2) is 64.0 Å². The maximum Gasteiger partial charge on any atom is 0.337 e. The summed E-state index contributed by atoms with van der Waals surface area (Å²) in [5.41, 5.74) is 9.97. The van der Waals surface area contributed by atoms with Crippen molar-refractivity contribution in [3.05, 3.63) is 91.8 Å². The Morgan fingerprint density at radius 2 is 1.72 bits per heavy atom. The number of hydrogen-bond acceptors (Lipinski definition) is 6. The van der Waals surface area contributed by atoms with E-state index in [9.17, 15) is 9.59 Å². The van der Waals surface area contributed by atoms with E-state index in [4.69, 9.17) is 15.2 Å². The van der Waals surface area contributed by atoms with E-state index in [0.29, 0.717) is 36.0 Å². The zero-order chi connectivity index (χ0) is 25.8. The van der Waals surface area contributed by atoms with E-state index < -0.39 is 0 Å². The van der Waals surface area contributed by atoms with Gasteiger partial charge in [0.25, 0.3) is 5.56 Å². The second-order valence-electron chi connectivity index (χ2n) is 8.78. The lowest BCUT2D eigenvalue weighted by Gasteiger charge is -2.13. The molecule has 2 heterocycles. The molecule has 0 unspecified atom stereocenters. The molecule has 0 aliphatic rings. The predicted octanol–water partition coefficient (Wildman–Crippen LogP) is 4.55. The van der Waals surface area contributed by atoms with Crippen LogP contribution in [0.25, 0.3) is 11.0 Å². The second kappa shape index (κ2) is 11.1. The van der Waals surface area contributed by atoms with E-state index >= 15 is 0 Å². The molecule has 8 nitrogen and oxygen atoms in total. The van der Waals surface area contributed by atoms with Crippen LogP contribution >= 0.6 is 15.9 Å².